The van der Waals surface area contributed by atoms with E-state index in [0.29, 0.717) is 0 Å². The van der Waals surface area contributed by atoms with Gasteiger partial charge in [0, 0.05) is 44.2 Å². The number of piperazine rings is 1. The molecule has 1 atom stereocenters. The third-order valence-electron chi connectivity index (χ3n) is 4.74. The number of nitrogens with zero attached hydrogens (tertiary/aromatic N) is 2. The van der Waals surface area contributed by atoms with Crippen LogP contribution in [0.3, 0.4) is 0 Å². The van der Waals surface area contributed by atoms with E-state index in [4.69, 9.17) is 10.2 Å². The van der Waals surface area contributed by atoms with Crippen LogP contribution in [-0.2, 0) is 0 Å². The summed E-state index contributed by atoms with van der Waals surface area (Å²) < 4.78 is 5.88. The molecule has 2 aromatic rings. The van der Waals surface area contributed by atoms with Gasteiger partial charge in [-0.1, -0.05) is 18.2 Å². The standard InChI is InChI=1S/C17H23N3O/c18-15(17-11-13-3-1-2-4-16(13)21-17)12-19-7-9-20(10-8-19)14-5-6-14/h1-4,11,14-15H,5-10,12,18H2. The van der Waals surface area contributed by atoms with Crippen molar-refractivity contribution in [2.45, 2.75) is 24.9 Å². The minimum absolute atomic E-state index is 0.0372. The fourth-order valence-corrected chi connectivity index (χ4v) is 3.30. The smallest absolute Gasteiger partial charge is 0.134 e. The van der Waals surface area contributed by atoms with Gasteiger partial charge in [-0.25, -0.2) is 0 Å². The molecule has 4 rings (SSSR count). The summed E-state index contributed by atoms with van der Waals surface area (Å²) in [6.45, 7) is 5.53. The lowest BCUT2D eigenvalue weighted by molar-refractivity contribution is 0.119. The monoisotopic (exact) mass is 285 g/mol. The van der Waals surface area contributed by atoms with Crippen LogP contribution in [-0.4, -0.2) is 48.6 Å². The van der Waals surface area contributed by atoms with Gasteiger partial charge in [0.05, 0.1) is 6.04 Å². The number of benzene rings is 1. The van der Waals surface area contributed by atoms with Crippen LogP contribution in [0.2, 0.25) is 0 Å². The van der Waals surface area contributed by atoms with Gasteiger partial charge in [-0.05, 0) is 25.0 Å². The van der Waals surface area contributed by atoms with Gasteiger partial charge >= 0.3 is 0 Å². The van der Waals surface area contributed by atoms with Crippen molar-refractivity contribution in [3.05, 3.63) is 36.1 Å². The van der Waals surface area contributed by atoms with Gasteiger partial charge in [0.25, 0.3) is 0 Å². The van der Waals surface area contributed by atoms with E-state index in [1.807, 2.05) is 18.2 Å². The van der Waals surface area contributed by atoms with Gasteiger partial charge in [-0.2, -0.15) is 0 Å². The molecule has 4 nitrogen and oxygen atoms in total. The quantitative estimate of drug-likeness (QED) is 0.935. The SMILES string of the molecule is NC(CN1CCN(C2CC2)CC1)c1cc2ccccc2o1. The Bertz CT molecular complexity index is 578. The van der Waals surface area contributed by atoms with Crippen LogP contribution in [0, 0.1) is 0 Å². The van der Waals surface area contributed by atoms with E-state index in [1.165, 1.54) is 25.9 Å². The summed E-state index contributed by atoms with van der Waals surface area (Å²) in [7, 11) is 0. The Morgan fingerprint density at radius 2 is 1.90 bits per heavy atom. The Hall–Kier alpha value is -1.36. The molecule has 4 heteroatoms. The summed E-state index contributed by atoms with van der Waals surface area (Å²) in [6, 6.07) is 11.0. The molecule has 0 amide bonds. The van der Waals surface area contributed by atoms with Gasteiger partial charge in [-0.3, -0.25) is 9.80 Å². The van der Waals surface area contributed by atoms with Gasteiger partial charge < -0.3 is 10.2 Å². The Balaban J connectivity index is 1.37. The molecule has 1 unspecified atom stereocenters. The summed E-state index contributed by atoms with van der Waals surface area (Å²) in [6.07, 6.45) is 2.80. The summed E-state index contributed by atoms with van der Waals surface area (Å²) in [5, 5.41) is 1.14. The first-order valence-corrected chi connectivity index (χ1v) is 8.00. The molecule has 1 saturated carbocycles. The molecule has 2 N–H and O–H groups in total. The van der Waals surface area contributed by atoms with Gasteiger partial charge in [0.2, 0.25) is 0 Å². The predicted octanol–water partition coefficient (Wildman–Crippen LogP) is 2.21. The summed E-state index contributed by atoms with van der Waals surface area (Å²) in [4.78, 5) is 5.10. The Morgan fingerprint density at radius 3 is 2.62 bits per heavy atom. The van der Waals surface area contributed by atoms with Gasteiger partial charge in [0.15, 0.2) is 0 Å². The summed E-state index contributed by atoms with van der Waals surface area (Å²) >= 11 is 0. The zero-order chi connectivity index (χ0) is 14.2. The normalized spacial score (nSPS) is 22.7. The second-order valence-electron chi connectivity index (χ2n) is 6.36. The molecule has 1 aromatic carbocycles. The van der Waals surface area contributed by atoms with Crippen molar-refractivity contribution in [1.82, 2.24) is 9.80 Å². The first-order chi connectivity index (χ1) is 10.3. The highest BCUT2D eigenvalue weighted by atomic mass is 16.3. The minimum Gasteiger partial charge on any atom is -0.459 e. The van der Waals surface area contributed by atoms with Gasteiger partial charge in [0.1, 0.15) is 11.3 Å². The molecule has 1 saturated heterocycles. The zero-order valence-corrected chi connectivity index (χ0v) is 12.4. The lowest BCUT2D eigenvalue weighted by Gasteiger charge is -2.35. The van der Waals surface area contributed by atoms with Crippen LogP contribution < -0.4 is 5.73 Å². The van der Waals surface area contributed by atoms with E-state index >= 15 is 0 Å². The number of rotatable bonds is 4. The highest BCUT2D eigenvalue weighted by molar-refractivity contribution is 5.77. The molecule has 1 aliphatic heterocycles. The number of nitrogens with two attached hydrogens (primary N) is 1. The maximum Gasteiger partial charge on any atom is 0.134 e. The fourth-order valence-electron chi connectivity index (χ4n) is 3.30. The highest BCUT2D eigenvalue weighted by Gasteiger charge is 2.31. The highest BCUT2D eigenvalue weighted by Crippen LogP contribution is 2.28. The van der Waals surface area contributed by atoms with Crippen LogP contribution >= 0.6 is 0 Å². The Labute approximate surface area is 125 Å². The third kappa shape index (κ3) is 2.84. The largest absolute Gasteiger partial charge is 0.459 e. The van der Waals surface area contributed by atoms with Crippen molar-refractivity contribution in [2.24, 2.45) is 5.73 Å². The van der Waals surface area contributed by atoms with Crippen LogP contribution in [0.15, 0.2) is 34.7 Å². The average Bonchev–Trinajstić information content (AvgIpc) is 3.26. The molecule has 2 aliphatic rings. The van der Waals surface area contributed by atoms with Crippen molar-refractivity contribution in [3.63, 3.8) is 0 Å². The number of para-hydroxylation sites is 1. The van der Waals surface area contributed by atoms with Gasteiger partial charge in [-0.15, -0.1) is 0 Å². The third-order valence-corrected chi connectivity index (χ3v) is 4.74. The molecule has 2 fully saturated rings. The van der Waals surface area contributed by atoms with Crippen LogP contribution in [0.25, 0.3) is 11.0 Å². The fraction of sp³-hybridized carbons (Fsp3) is 0.529. The zero-order valence-electron chi connectivity index (χ0n) is 12.4. The Kier molecular flexibility index (Phi) is 3.45. The molecule has 112 valence electrons. The summed E-state index contributed by atoms with van der Waals surface area (Å²) in [5.41, 5.74) is 7.28. The van der Waals surface area contributed by atoms with E-state index in [2.05, 4.69) is 21.9 Å². The van der Waals surface area contributed by atoms with E-state index in [9.17, 15) is 0 Å². The van der Waals surface area contributed by atoms with Crippen LogP contribution in [0.5, 0.6) is 0 Å². The molecule has 2 heterocycles. The lowest BCUT2D eigenvalue weighted by Crippen LogP contribution is -2.48. The molecule has 0 radical (unpaired) electrons. The molecule has 21 heavy (non-hydrogen) atoms. The average molecular weight is 285 g/mol. The second-order valence-corrected chi connectivity index (χ2v) is 6.36. The predicted molar refractivity (Wildman–Crippen MR) is 84.2 cm³/mol. The number of hydrogen-bond acceptors (Lipinski definition) is 4. The maximum atomic E-state index is 6.35. The molecule has 1 aliphatic carbocycles. The van der Waals surface area contributed by atoms with E-state index < -0.39 is 0 Å². The molecular formula is C17H23N3O. The first kappa shape index (κ1) is 13.3. The van der Waals surface area contributed by atoms with Crippen molar-refractivity contribution >= 4 is 11.0 Å². The number of hydrogen-bond donors (Lipinski definition) is 1. The number of furan rings is 1. The van der Waals surface area contributed by atoms with Crippen LogP contribution in [0.4, 0.5) is 0 Å². The second kappa shape index (κ2) is 5.44. The Morgan fingerprint density at radius 1 is 1.14 bits per heavy atom. The maximum absolute atomic E-state index is 6.35. The molecular weight excluding hydrogens is 262 g/mol. The number of fused-ring (bicyclic) bond motifs is 1. The van der Waals surface area contributed by atoms with Crippen molar-refractivity contribution in [3.8, 4) is 0 Å². The van der Waals surface area contributed by atoms with Crippen molar-refractivity contribution in [2.75, 3.05) is 32.7 Å². The van der Waals surface area contributed by atoms with Crippen molar-refractivity contribution < 1.29 is 4.42 Å². The molecule has 0 bridgehead atoms. The molecule has 1 aromatic heterocycles. The molecule has 0 spiro atoms. The van der Waals surface area contributed by atoms with E-state index in [1.54, 1.807) is 0 Å². The lowest BCUT2D eigenvalue weighted by atomic mass is 10.2. The minimum atomic E-state index is -0.0372. The first-order valence-electron chi connectivity index (χ1n) is 8.00. The van der Waals surface area contributed by atoms with E-state index in [-0.39, 0.29) is 6.04 Å². The van der Waals surface area contributed by atoms with E-state index in [0.717, 1.165) is 42.4 Å². The summed E-state index contributed by atoms with van der Waals surface area (Å²) in [5.74, 6) is 0.904. The topological polar surface area (TPSA) is 45.6 Å². The van der Waals surface area contributed by atoms with Crippen molar-refractivity contribution in [1.29, 1.82) is 0 Å². The van der Waals surface area contributed by atoms with Crippen LogP contribution in [0.1, 0.15) is 24.6 Å².